The van der Waals surface area contributed by atoms with E-state index < -0.39 is 0 Å². The van der Waals surface area contributed by atoms with Gasteiger partial charge in [0.2, 0.25) is 0 Å². The summed E-state index contributed by atoms with van der Waals surface area (Å²) < 4.78 is 0. The van der Waals surface area contributed by atoms with Crippen LogP contribution >= 0.6 is 0 Å². The molecular formula is C29H56. The molecule has 0 heteroatoms. The highest BCUT2D eigenvalue weighted by Gasteiger charge is 2.48. The van der Waals surface area contributed by atoms with Gasteiger partial charge in [0, 0.05) is 0 Å². The smallest absolute Gasteiger partial charge is 0.0295 e. The molecule has 0 saturated heterocycles. The van der Waals surface area contributed by atoms with Crippen molar-refractivity contribution in [3.05, 3.63) is 0 Å². The maximum Gasteiger partial charge on any atom is -0.0295 e. The van der Waals surface area contributed by atoms with E-state index in [1.807, 2.05) is 0 Å². The van der Waals surface area contributed by atoms with Crippen LogP contribution in [0.2, 0.25) is 0 Å². The molecule has 0 aromatic rings. The minimum atomic E-state index is 0.579. The molecule has 2 aliphatic rings. The second-order valence-corrected chi connectivity index (χ2v) is 12.4. The van der Waals surface area contributed by atoms with Gasteiger partial charge in [-0.05, 0) is 67.1 Å². The van der Waals surface area contributed by atoms with Crippen molar-refractivity contribution in [1.29, 1.82) is 0 Å². The summed E-state index contributed by atoms with van der Waals surface area (Å²) >= 11 is 0. The number of fused-ring (bicyclic) bond motifs is 1. The topological polar surface area (TPSA) is 0 Å². The van der Waals surface area contributed by atoms with Crippen LogP contribution in [0.25, 0.3) is 0 Å². The van der Waals surface area contributed by atoms with Crippen LogP contribution in [0.1, 0.15) is 157 Å². The van der Waals surface area contributed by atoms with Gasteiger partial charge in [0.15, 0.2) is 0 Å². The van der Waals surface area contributed by atoms with Crippen LogP contribution in [0.3, 0.4) is 0 Å². The second-order valence-electron chi connectivity index (χ2n) is 12.4. The van der Waals surface area contributed by atoms with Crippen LogP contribution in [0.5, 0.6) is 0 Å². The fourth-order valence-electron chi connectivity index (χ4n) is 6.51. The highest BCUT2D eigenvalue weighted by molar-refractivity contribution is 4.98. The number of hydrogen-bond acceptors (Lipinski definition) is 0. The lowest BCUT2D eigenvalue weighted by atomic mass is 9.74. The normalized spacial score (nSPS) is 31.1. The van der Waals surface area contributed by atoms with E-state index in [9.17, 15) is 0 Å². The standard InChI is InChI=1S/C29H56/c1-6-7-14-19-28(3,4)20-15-10-8-11-16-21-29(5)22-17-12-9-13-18-25(2)23-26-24-27(26)29/h25-27H,6-24H2,1-5H3. The van der Waals surface area contributed by atoms with Crippen molar-refractivity contribution >= 4 is 0 Å². The molecule has 0 aliphatic heterocycles. The summed E-state index contributed by atoms with van der Waals surface area (Å²) in [7, 11) is 0. The number of hydrogen-bond donors (Lipinski definition) is 0. The van der Waals surface area contributed by atoms with Crippen LogP contribution < -0.4 is 0 Å². The Balaban J connectivity index is 1.61. The molecule has 0 aromatic heterocycles. The molecule has 4 atom stereocenters. The van der Waals surface area contributed by atoms with Crippen molar-refractivity contribution in [1.82, 2.24) is 0 Å². The Morgan fingerprint density at radius 3 is 2.21 bits per heavy atom. The largest absolute Gasteiger partial charge is 0.0654 e. The van der Waals surface area contributed by atoms with E-state index in [0.29, 0.717) is 10.8 Å². The predicted molar refractivity (Wildman–Crippen MR) is 131 cm³/mol. The van der Waals surface area contributed by atoms with Crippen LogP contribution in [0, 0.1) is 28.6 Å². The maximum atomic E-state index is 2.68. The van der Waals surface area contributed by atoms with Gasteiger partial charge in [-0.2, -0.15) is 0 Å². The molecule has 0 spiro atoms. The second kappa shape index (κ2) is 12.8. The van der Waals surface area contributed by atoms with E-state index in [1.165, 1.54) is 116 Å². The van der Waals surface area contributed by atoms with Gasteiger partial charge >= 0.3 is 0 Å². The molecule has 4 unspecified atom stereocenters. The highest BCUT2D eigenvalue weighted by Crippen LogP contribution is 2.58. The van der Waals surface area contributed by atoms with E-state index in [4.69, 9.17) is 0 Å². The first kappa shape index (κ1) is 25.3. The first-order valence-corrected chi connectivity index (χ1v) is 13.9. The molecule has 0 heterocycles. The van der Waals surface area contributed by atoms with Gasteiger partial charge in [-0.1, -0.05) is 118 Å². The van der Waals surface area contributed by atoms with Gasteiger partial charge in [0.25, 0.3) is 0 Å². The molecule has 2 aliphatic carbocycles. The Hall–Kier alpha value is 0. The zero-order valence-corrected chi connectivity index (χ0v) is 21.2. The van der Waals surface area contributed by atoms with Gasteiger partial charge in [-0.15, -0.1) is 0 Å². The molecule has 0 amide bonds. The predicted octanol–water partition coefficient (Wildman–Crippen LogP) is 10.3. The summed E-state index contributed by atoms with van der Waals surface area (Å²) in [4.78, 5) is 0. The van der Waals surface area contributed by atoms with Crippen molar-refractivity contribution in [3.63, 3.8) is 0 Å². The van der Waals surface area contributed by atoms with Crippen LogP contribution in [0.15, 0.2) is 0 Å². The van der Waals surface area contributed by atoms with Crippen molar-refractivity contribution in [2.75, 3.05) is 0 Å². The van der Waals surface area contributed by atoms with Gasteiger partial charge < -0.3 is 0 Å². The first-order valence-electron chi connectivity index (χ1n) is 13.9. The Bertz CT molecular complexity index is 422. The first-order chi connectivity index (χ1) is 13.9. The summed E-state index contributed by atoms with van der Waals surface area (Å²) in [6.07, 6.45) is 28.1. The summed E-state index contributed by atoms with van der Waals surface area (Å²) in [5.74, 6) is 3.15. The Morgan fingerprint density at radius 1 is 0.793 bits per heavy atom. The molecule has 0 nitrogen and oxygen atoms in total. The van der Waals surface area contributed by atoms with Crippen LogP contribution in [-0.2, 0) is 0 Å². The molecule has 2 saturated carbocycles. The quantitative estimate of drug-likeness (QED) is 0.284. The molecule has 172 valence electrons. The Labute approximate surface area is 185 Å². The van der Waals surface area contributed by atoms with Crippen LogP contribution in [0.4, 0.5) is 0 Å². The minimum Gasteiger partial charge on any atom is -0.0654 e. The molecule has 29 heavy (non-hydrogen) atoms. The Morgan fingerprint density at radius 2 is 1.45 bits per heavy atom. The SMILES string of the molecule is CCCCCC(C)(C)CCCCCCCC1(C)CCCCCCC(C)CC2CC21. The van der Waals surface area contributed by atoms with E-state index in [1.54, 1.807) is 6.42 Å². The summed E-state index contributed by atoms with van der Waals surface area (Å²) in [5.41, 5.74) is 1.26. The zero-order valence-electron chi connectivity index (χ0n) is 21.2. The third kappa shape index (κ3) is 9.78. The Kier molecular flexibility index (Phi) is 11.1. The molecule has 0 bridgehead atoms. The van der Waals surface area contributed by atoms with Gasteiger partial charge in [-0.25, -0.2) is 0 Å². The molecule has 2 fully saturated rings. The fourth-order valence-corrected chi connectivity index (χ4v) is 6.51. The highest BCUT2D eigenvalue weighted by atomic mass is 14.5. The molecule has 2 rings (SSSR count). The lowest BCUT2D eigenvalue weighted by molar-refractivity contribution is 0.196. The molecular weight excluding hydrogens is 348 g/mol. The average Bonchev–Trinajstić information content (AvgIpc) is 3.43. The zero-order chi connectivity index (χ0) is 21.2. The molecule has 0 radical (unpaired) electrons. The van der Waals surface area contributed by atoms with Crippen molar-refractivity contribution in [2.24, 2.45) is 28.6 Å². The van der Waals surface area contributed by atoms with E-state index in [-0.39, 0.29) is 0 Å². The fraction of sp³-hybridized carbons (Fsp3) is 1.00. The lowest BCUT2D eigenvalue weighted by Gasteiger charge is -2.31. The number of rotatable bonds is 12. The maximum absolute atomic E-state index is 2.68. The third-order valence-electron chi connectivity index (χ3n) is 8.78. The van der Waals surface area contributed by atoms with Gasteiger partial charge in [-0.3, -0.25) is 0 Å². The third-order valence-corrected chi connectivity index (χ3v) is 8.78. The number of unbranched alkanes of at least 4 members (excludes halogenated alkanes) is 6. The minimum absolute atomic E-state index is 0.579. The molecule has 0 aromatic carbocycles. The summed E-state index contributed by atoms with van der Waals surface area (Å²) in [6.45, 7) is 12.5. The van der Waals surface area contributed by atoms with Crippen molar-refractivity contribution in [2.45, 2.75) is 157 Å². The summed E-state index contributed by atoms with van der Waals surface area (Å²) in [6, 6.07) is 0. The average molecular weight is 405 g/mol. The summed E-state index contributed by atoms with van der Waals surface area (Å²) in [5, 5.41) is 0. The van der Waals surface area contributed by atoms with E-state index in [0.717, 1.165) is 17.8 Å². The van der Waals surface area contributed by atoms with E-state index >= 15 is 0 Å². The van der Waals surface area contributed by atoms with Crippen molar-refractivity contribution < 1.29 is 0 Å². The lowest BCUT2D eigenvalue weighted by Crippen LogP contribution is -2.20. The van der Waals surface area contributed by atoms with Gasteiger partial charge in [0.1, 0.15) is 0 Å². The monoisotopic (exact) mass is 404 g/mol. The van der Waals surface area contributed by atoms with E-state index in [2.05, 4.69) is 34.6 Å². The van der Waals surface area contributed by atoms with Gasteiger partial charge in [0.05, 0.1) is 0 Å². The van der Waals surface area contributed by atoms with Crippen molar-refractivity contribution in [3.8, 4) is 0 Å². The molecule has 0 N–H and O–H groups in total. The van der Waals surface area contributed by atoms with Crippen LogP contribution in [-0.4, -0.2) is 0 Å².